The number of nitrogens with zero attached hydrogens (tertiary/aromatic N) is 1. The second kappa shape index (κ2) is 12.6. The maximum atomic E-state index is 14.0. The number of hydrogen-bond acceptors (Lipinski definition) is 6. The van der Waals surface area contributed by atoms with Gasteiger partial charge in [0.15, 0.2) is 0 Å². The van der Waals surface area contributed by atoms with E-state index >= 15 is 0 Å². The largest absolute Gasteiger partial charge is 0.459 e. The van der Waals surface area contributed by atoms with Gasteiger partial charge >= 0.3 is 5.97 Å². The molecule has 0 aromatic heterocycles. The van der Waals surface area contributed by atoms with Crippen LogP contribution in [0, 0.1) is 0 Å². The van der Waals surface area contributed by atoms with Gasteiger partial charge in [-0.15, -0.1) is 0 Å². The molecule has 4 rings (SSSR count). The number of carbonyl (C=O) groups excluding carboxylic acids is 3. The Labute approximate surface area is 259 Å². The number of halogens is 2. The molecule has 0 radical (unpaired) electrons. The van der Waals surface area contributed by atoms with Crippen LogP contribution >= 0.6 is 23.2 Å². The summed E-state index contributed by atoms with van der Waals surface area (Å²) in [4.78, 5) is 37.9. The molecule has 9 nitrogen and oxygen atoms in total. The first-order valence-corrected chi connectivity index (χ1v) is 15.3. The summed E-state index contributed by atoms with van der Waals surface area (Å²) in [5.74, 6) is -1.87. The summed E-state index contributed by atoms with van der Waals surface area (Å²) >= 11 is 12.2. The monoisotopic (exact) mass is 641 g/mol. The number of fused-ring (bicyclic) bond motifs is 1. The number of nitrogens with one attached hydrogen (secondary N) is 1. The first kappa shape index (κ1) is 31.8. The van der Waals surface area contributed by atoms with Crippen LogP contribution in [0.2, 0.25) is 10.0 Å². The average Bonchev–Trinajstić information content (AvgIpc) is 2.92. The molecule has 4 aromatic rings. The van der Waals surface area contributed by atoms with Crippen molar-refractivity contribution in [2.75, 3.05) is 10.8 Å². The van der Waals surface area contributed by atoms with E-state index in [4.69, 9.17) is 33.7 Å². The summed E-state index contributed by atoms with van der Waals surface area (Å²) in [6.07, 6.45) is 0. The zero-order valence-electron chi connectivity index (χ0n) is 23.6. The number of esters is 1. The molecule has 0 saturated carbocycles. The number of benzene rings is 4. The molecule has 0 atom stereocenters. The van der Waals surface area contributed by atoms with E-state index in [1.807, 2.05) is 0 Å². The molecule has 0 bridgehead atoms. The standard InChI is InChI=1S/C31H29Cl2N3O6S/c1-31(2,3)42-28(37)18-36(43(40,41)22-15-20(32)14-21(33)16-22)27-13-7-10-24-25(27)11-6-12-26(24)30(39)35-17-19-8-4-5-9-23(19)29(34)38/h4-16H,17-18H2,1-3H3,(H2,34,38)(H,35,39). The highest BCUT2D eigenvalue weighted by Crippen LogP contribution is 2.34. The fourth-order valence-corrected chi connectivity index (χ4v) is 6.65. The predicted molar refractivity (Wildman–Crippen MR) is 167 cm³/mol. The summed E-state index contributed by atoms with van der Waals surface area (Å²) in [5, 5.41) is 3.79. The maximum absolute atomic E-state index is 14.0. The van der Waals surface area contributed by atoms with Crippen molar-refractivity contribution in [1.82, 2.24) is 5.32 Å². The van der Waals surface area contributed by atoms with E-state index in [0.29, 0.717) is 16.3 Å². The van der Waals surface area contributed by atoms with E-state index in [0.717, 1.165) is 4.31 Å². The number of sulfonamides is 1. The van der Waals surface area contributed by atoms with Crippen molar-refractivity contribution < 1.29 is 27.5 Å². The minimum Gasteiger partial charge on any atom is -0.459 e. The highest BCUT2D eigenvalue weighted by molar-refractivity contribution is 7.93. The summed E-state index contributed by atoms with van der Waals surface area (Å²) < 4.78 is 34.4. The van der Waals surface area contributed by atoms with E-state index in [9.17, 15) is 22.8 Å². The lowest BCUT2D eigenvalue weighted by atomic mass is 10.0. The smallest absolute Gasteiger partial charge is 0.327 e. The molecule has 43 heavy (non-hydrogen) atoms. The van der Waals surface area contributed by atoms with Crippen molar-refractivity contribution in [1.29, 1.82) is 0 Å². The van der Waals surface area contributed by atoms with Crippen molar-refractivity contribution in [3.8, 4) is 0 Å². The lowest BCUT2D eigenvalue weighted by Gasteiger charge is -2.27. The number of amides is 2. The number of carbonyl (C=O) groups is 3. The van der Waals surface area contributed by atoms with Gasteiger partial charge in [0.1, 0.15) is 12.1 Å². The van der Waals surface area contributed by atoms with Crippen LogP contribution in [-0.4, -0.2) is 38.3 Å². The zero-order chi connectivity index (χ0) is 31.5. The lowest BCUT2D eigenvalue weighted by Crippen LogP contribution is -2.39. The summed E-state index contributed by atoms with van der Waals surface area (Å²) in [6.45, 7) is 4.38. The van der Waals surface area contributed by atoms with Crippen LogP contribution in [0.15, 0.2) is 83.8 Å². The van der Waals surface area contributed by atoms with Crippen LogP contribution < -0.4 is 15.4 Å². The van der Waals surface area contributed by atoms with Gasteiger partial charge in [-0.2, -0.15) is 0 Å². The van der Waals surface area contributed by atoms with E-state index in [-0.39, 0.29) is 38.3 Å². The Hall–Kier alpha value is -4.12. The van der Waals surface area contributed by atoms with E-state index in [2.05, 4.69) is 5.32 Å². The fourth-order valence-electron chi connectivity index (χ4n) is 4.49. The molecule has 0 heterocycles. The fraction of sp³-hybridized carbons (Fsp3) is 0.194. The third kappa shape index (κ3) is 7.45. The number of primary amides is 1. The van der Waals surface area contributed by atoms with Gasteiger partial charge in [-0.25, -0.2) is 8.42 Å². The third-order valence-electron chi connectivity index (χ3n) is 6.25. The molecule has 0 aliphatic heterocycles. The van der Waals surface area contributed by atoms with Crippen LogP contribution in [-0.2, 0) is 26.1 Å². The van der Waals surface area contributed by atoms with Crippen LogP contribution in [0.5, 0.6) is 0 Å². The van der Waals surface area contributed by atoms with Gasteiger partial charge in [-0.3, -0.25) is 18.7 Å². The summed E-state index contributed by atoms with van der Waals surface area (Å²) in [7, 11) is -4.41. The molecule has 2 amide bonds. The Bertz CT molecular complexity index is 1820. The molecule has 0 fully saturated rings. The van der Waals surface area contributed by atoms with E-state index < -0.39 is 40.0 Å². The van der Waals surface area contributed by atoms with Crippen molar-refractivity contribution >= 4 is 67.5 Å². The molecule has 224 valence electrons. The number of hydrogen-bond donors (Lipinski definition) is 2. The van der Waals surface area contributed by atoms with Gasteiger partial charge in [-0.05, 0) is 68.1 Å². The van der Waals surface area contributed by atoms with Crippen molar-refractivity contribution in [3.63, 3.8) is 0 Å². The minimum atomic E-state index is -4.41. The Kier molecular flexibility index (Phi) is 9.34. The molecule has 12 heteroatoms. The number of ether oxygens (including phenoxy) is 1. The molecule has 0 unspecified atom stereocenters. The van der Waals surface area contributed by atoms with Gasteiger partial charge < -0.3 is 15.8 Å². The molecule has 0 spiro atoms. The van der Waals surface area contributed by atoms with E-state index in [1.165, 1.54) is 24.3 Å². The molecule has 0 aliphatic rings. The molecule has 0 aliphatic carbocycles. The Morgan fingerprint density at radius 3 is 2.12 bits per heavy atom. The molecule has 0 saturated heterocycles. The van der Waals surface area contributed by atoms with Crippen LogP contribution in [0.3, 0.4) is 0 Å². The molecule has 3 N–H and O–H groups in total. The Morgan fingerprint density at radius 2 is 1.47 bits per heavy atom. The van der Waals surface area contributed by atoms with Crippen LogP contribution in [0.4, 0.5) is 5.69 Å². The van der Waals surface area contributed by atoms with Crippen LogP contribution in [0.1, 0.15) is 47.1 Å². The summed E-state index contributed by atoms with van der Waals surface area (Å²) in [5.41, 5.74) is 5.79. The highest BCUT2D eigenvalue weighted by Gasteiger charge is 2.31. The molecular formula is C31H29Cl2N3O6S. The SMILES string of the molecule is CC(C)(C)OC(=O)CN(c1cccc2c(C(=O)NCc3ccccc3C(N)=O)cccc12)S(=O)(=O)c1cc(Cl)cc(Cl)c1. The van der Waals surface area contributed by atoms with Crippen molar-refractivity contribution in [2.24, 2.45) is 5.73 Å². The summed E-state index contributed by atoms with van der Waals surface area (Å²) in [6, 6.07) is 20.1. The number of anilines is 1. The third-order valence-corrected chi connectivity index (χ3v) is 8.43. The number of nitrogens with two attached hydrogens (primary N) is 1. The highest BCUT2D eigenvalue weighted by atomic mass is 35.5. The first-order chi connectivity index (χ1) is 20.2. The molecular weight excluding hydrogens is 613 g/mol. The topological polar surface area (TPSA) is 136 Å². The maximum Gasteiger partial charge on any atom is 0.327 e. The van der Waals surface area contributed by atoms with Gasteiger partial charge in [-0.1, -0.05) is 65.7 Å². The lowest BCUT2D eigenvalue weighted by molar-refractivity contribution is -0.152. The second-order valence-electron chi connectivity index (χ2n) is 10.6. The number of rotatable bonds is 9. The van der Waals surface area contributed by atoms with Gasteiger partial charge in [0, 0.05) is 33.1 Å². The average molecular weight is 643 g/mol. The molecule has 4 aromatic carbocycles. The van der Waals surface area contributed by atoms with Crippen molar-refractivity contribution in [3.05, 3.63) is 106 Å². The predicted octanol–water partition coefficient (Wildman–Crippen LogP) is 5.71. The zero-order valence-corrected chi connectivity index (χ0v) is 25.9. The van der Waals surface area contributed by atoms with E-state index in [1.54, 1.807) is 75.4 Å². The van der Waals surface area contributed by atoms with Gasteiger partial charge in [0.2, 0.25) is 5.91 Å². The van der Waals surface area contributed by atoms with Gasteiger partial charge in [0.25, 0.3) is 15.9 Å². The van der Waals surface area contributed by atoms with Gasteiger partial charge in [0.05, 0.1) is 10.6 Å². The Balaban J connectivity index is 1.79. The Morgan fingerprint density at radius 1 is 0.860 bits per heavy atom. The normalized spacial score (nSPS) is 11.7. The minimum absolute atomic E-state index is 0.0305. The van der Waals surface area contributed by atoms with Crippen molar-refractivity contribution in [2.45, 2.75) is 37.8 Å². The second-order valence-corrected chi connectivity index (χ2v) is 13.3. The first-order valence-electron chi connectivity index (χ1n) is 13.1. The quantitative estimate of drug-likeness (QED) is 0.225. The van der Waals surface area contributed by atoms with Crippen LogP contribution in [0.25, 0.3) is 10.8 Å².